The van der Waals surface area contributed by atoms with Crippen molar-refractivity contribution < 1.29 is 0 Å². The SMILES string of the molecule is CCNC1CCCCCCC1N1CCC(CC)(CC)CC1. The third-order valence-electron chi connectivity index (χ3n) is 6.52. The fraction of sp³-hybridized carbons (Fsp3) is 1.00. The molecule has 0 bridgehead atoms. The Morgan fingerprint density at radius 1 is 0.905 bits per heavy atom. The van der Waals surface area contributed by atoms with Crippen molar-refractivity contribution in [1.29, 1.82) is 0 Å². The lowest BCUT2D eigenvalue weighted by atomic mass is 9.73. The zero-order chi connectivity index (χ0) is 15.1. The number of nitrogens with zero attached hydrogens (tertiary/aromatic N) is 1. The number of nitrogens with one attached hydrogen (secondary N) is 1. The second kappa shape index (κ2) is 8.53. The van der Waals surface area contributed by atoms with Crippen LogP contribution >= 0.6 is 0 Å². The maximum atomic E-state index is 3.81. The van der Waals surface area contributed by atoms with Crippen molar-refractivity contribution in [3.63, 3.8) is 0 Å². The van der Waals surface area contributed by atoms with Gasteiger partial charge in [-0.1, -0.05) is 59.3 Å². The van der Waals surface area contributed by atoms with Crippen LogP contribution in [0.5, 0.6) is 0 Å². The highest BCUT2D eigenvalue weighted by Gasteiger charge is 2.35. The van der Waals surface area contributed by atoms with Crippen LogP contribution < -0.4 is 5.32 Å². The molecule has 2 fully saturated rings. The van der Waals surface area contributed by atoms with Gasteiger partial charge < -0.3 is 5.32 Å². The van der Waals surface area contributed by atoms with Gasteiger partial charge in [0.1, 0.15) is 0 Å². The van der Waals surface area contributed by atoms with Crippen molar-refractivity contribution in [1.82, 2.24) is 10.2 Å². The Balaban J connectivity index is 1.97. The summed E-state index contributed by atoms with van der Waals surface area (Å²) in [5.41, 5.74) is 0.659. The molecule has 2 atom stereocenters. The molecule has 1 aliphatic heterocycles. The lowest BCUT2D eigenvalue weighted by Gasteiger charge is -2.46. The van der Waals surface area contributed by atoms with Crippen molar-refractivity contribution in [2.75, 3.05) is 19.6 Å². The molecule has 1 aliphatic carbocycles. The summed E-state index contributed by atoms with van der Waals surface area (Å²) >= 11 is 0. The number of piperidine rings is 1. The molecule has 1 saturated carbocycles. The van der Waals surface area contributed by atoms with Crippen LogP contribution in [-0.2, 0) is 0 Å². The minimum atomic E-state index is 0.659. The zero-order valence-electron chi connectivity index (χ0n) is 14.8. The Morgan fingerprint density at radius 3 is 2.10 bits per heavy atom. The molecule has 0 radical (unpaired) electrons. The van der Waals surface area contributed by atoms with Crippen LogP contribution in [0.2, 0.25) is 0 Å². The van der Waals surface area contributed by atoms with E-state index in [0.29, 0.717) is 5.41 Å². The number of hydrogen-bond donors (Lipinski definition) is 1. The molecule has 0 aromatic heterocycles. The van der Waals surface area contributed by atoms with Crippen molar-refractivity contribution in [3.05, 3.63) is 0 Å². The lowest BCUT2D eigenvalue weighted by molar-refractivity contribution is 0.0447. The number of likely N-dealkylation sites (N-methyl/N-ethyl adjacent to an activating group) is 1. The van der Waals surface area contributed by atoms with E-state index in [0.717, 1.165) is 18.6 Å². The standard InChI is InChI=1S/C19H38N2/c1-4-19(5-2)13-15-21(16-14-19)18-12-10-8-7-9-11-17(18)20-6-3/h17-18,20H,4-16H2,1-3H3. The van der Waals surface area contributed by atoms with E-state index in [2.05, 4.69) is 31.0 Å². The average molecular weight is 295 g/mol. The van der Waals surface area contributed by atoms with Gasteiger partial charge >= 0.3 is 0 Å². The molecule has 1 heterocycles. The summed E-state index contributed by atoms with van der Waals surface area (Å²) in [7, 11) is 0. The molecule has 2 rings (SSSR count). The van der Waals surface area contributed by atoms with Gasteiger partial charge in [0.2, 0.25) is 0 Å². The minimum absolute atomic E-state index is 0.659. The van der Waals surface area contributed by atoms with E-state index in [1.54, 1.807) is 0 Å². The van der Waals surface area contributed by atoms with E-state index in [9.17, 15) is 0 Å². The van der Waals surface area contributed by atoms with Gasteiger partial charge in [0.05, 0.1) is 0 Å². The van der Waals surface area contributed by atoms with Gasteiger partial charge in [-0.15, -0.1) is 0 Å². The predicted octanol–water partition coefficient (Wildman–Crippen LogP) is 4.59. The van der Waals surface area contributed by atoms with Gasteiger partial charge in [-0.05, 0) is 50.7 Å². The zero-order valence-corrected chi connectivity index (χ0v) is 14.8. The third-order valence-corrected chi connectivity index (χ3v) is 6.52. The molecule has 2 nitrogen and oxygen atoms in total. The van der Waals surface area contributed by atoms with Crippen molar-refractivity contribution >= 4 is 0 Å². The maximum absolute atomic E-state index is 3.81. The van der Waals surface area contributed by atoms with E-state index in [1.807, 2.05) is 0 Å². The summed E-state index contributed by atoms with van der Waals surface area (Å²) in [6.45, 7) is 10.9. The first-order valence-corrected chi connectivity index (χ1v) is 9.72. The lowest BCUT2D eigenvalue weighted by Crippen LogP contribution is -2.54. The summed E-state index contributed by atoms with van der Waals surface area (Å²) in [6, 6.07) is 1.54. The number of rotatable bonds is 5. The van der Waals surface area contributed by atoms with Crippen LogP contribution in [0, 0.1) is 5.41 Å². The maximum Gasteiger partial charge on any atom is 0.0249 e. The molecule has 1 N–H and O–H groups in total. The molecule has 0 aromatic rings. The Labute approximate surface area is 133 Å². The molecular weight excluding hydrogens is 256 g/mol. The van der Waals surface area contributed by atoms with Crippen LogP contribution in [0.3, 0.4) is 0 Å². The van der Waals surface area contributed by atoms with E-state index < -0.39 is 0 Å². The Kier molecular flexibility index (Phi) is 7.01. The van der Waals surface area contributed by atoms with Crippen molar-refractivity contribution in [2.45, 2.75) is 97.1 Å². The molecule has 21 heavy (non-hydrogen) atoms. The van der Waals surface area contributed by atoms with Gasteiger partial charge in [-0.2, -0.15) is 0 Å². The van der Waals surface area contributed by atoms with Gasteiger partial charge in [0, 0.05) is 12.1 Å². The van der Waals surface area contributed by atoms with Crippen LogP contribution in [0.4, 0.5) is 0 Å². The average Bonchev–Trinajstić information content (AvgIpc) is 2.51. The Morgan fingerprint density at radius 2 is 1.52 bits per heavy atom. The first kappa shape index (κ1) is 17.3. The third kappa shape index (κ3) is 4.45. The molecule has 2 heteroatoms. The van der Waals surface area contributed by atoms with Crippen LogP contribution in [0.15, 0.2) is 0 Å². The van der Waals surface area contributed by atoms with E-state index in [-0.39, 0.29) is 0 Å². The minimum Gasteiger partial charge on any atom is -0.313 e. The summed E-state index contributed by atoms with van der Waals surface area (Å²) in [4.78, 5) is 2.85. The van der Waals surface area contributed by atoms with Crippen molar-refractivity contribution in [2.24, 2.45) is 5.41 Å². The largest absolute Gasteiger partial charge is 0.313 e. The molecule has 0 amide bonds. The smallest absolute Gasteiger partial charge is 0.0249 e. The predicted molar refractivity (Wildman–Crippen MR) is 92.8 cm³/mol. The molecule has 124 valence electrons. The van der Waals surface area contributed by atoms with Crippen LogP contribution in [0.25, 0.3) is 0 Å². The van der Waals surface area contributed by atoms with Crippen LogP contribution in [0.1, 0.15) is 85.0 Å². The summed E-state index contributed by atoms with van der Waals surface area (Å²) in [6.07, 6.45) is 14.2. The normalized spacial score (nSPS) is 31.6. The molecule has 0 spiro atoms. The molecule has 0 aromatic carbocycles. The summed E-state index contributed by atoms with van der Waals surface area (Å²) < 4.78 is 0. The Bertz CT molecular complexity index is 275. The first-order chi connectivity index (χ1) is 10.2. The molecule has 1 saturated heterocycles. The Hall–Kier alpha value is -0.0800. The highest BCUT2D eigenvalue weighted by Crippen LogP contribution is 2.39. The van der Waals surface area contributed by atoms with E-state index >= 15 is 0 Å². The summed E-state index contributed by atoms with van der Waals surface area (Å²) in [5.74, 6) is 0. The molecule has 2 unspecified atom stereocenters. The first-order valence-electron chi connectivity index (χ1n) is 9.72. The van der Waals surface area contributed by atoms with Gasteiger partial charge in [0.25, 0.3) is 0 Å². The highest BCUT2D eigenvalue weighted by molar-refractivity contribution is 4.91. The van der Waals surface area contributed by atoms with Crippen molar-refractivity contribution in [3.8, 4) is 0 Å². The summed E-state index contributed by atoms with van der Waals surface area (Å²) in [5, 5.41) is 3.81. The monoisotopic (exact) mass is 294 g/mol. The van der Waals surface area contributed by atoms with Gasteiger partial charge in [-0.3, -0.25) is 4.90 Å². The van der Waals surface area contributed by atoms with Crippen LogP contribution in [-0.4, -0.2) is 36.6 Å². The number of likely N-dealkylation sites (tertiary alicyclic amines) is 1. The molecule has 2 aliphatic rings. The number of hydrogen-bond acceptors (Lipinski definition) is 2. The van der Waals surface area contributed by atoms with Gasteiger partial charge in [0.15, 0.2) is 0 Å². The fourth-order valence-corrected chi connectivity index (χ4v) is 4.69. The fourth-order valence-electron chi connectivity index (χ4n) is 4.69. The second-order valence-electron chi connectivity index (χ2n) is 7.47. The highest BCUT2D eigenvalue weighted by atomic mass is 15.2. The quantitative estimate of drug-likeness (QED) is 0.798. The van der Waals surface area contributed by atoms with Gasteiger partial charge in [-0.25, -0.2) is 0 Å². The second-order valence-corrected chi connectivity index (χ2v) is 7.47. The topological polar surface area (TPSA) is 15.3 Å². The van der Waals surface area contributed by atoms with E-state index in [4.69, 9.17) is 0 Å². The molecular formula is C19H38N2. The van der Waals surface area contributed by atoms with E-state index in [1.165, 1.54) is 77.3 Å².